The third-order valence-corrected chi connectivity index (χ3v) is 4.47. The lowest BCUT2D eigenvalue weighted by Crippen LogP contribution is -2.25. The molecule has 1 aromatic rings. The summed E-state index contributed by atoms with van der Waals surface area (Å²) in [6.45, 7) is 2.89. The summed E-state index contributed by atoms with van der Waals surface area (Å²) in [5.74, 6) is 0.694. The fourth-order valence-corrected chi connectivity index (χ4v) is 2.90. The van der Waals surface area contributed by atoms with Crippen LogP contribution in [0.25, 0.3) is 0 Å². The Hall–Kier alpha value is -0.100. The van der Waals surface area contributed by atoms with Crippen LogP contribution in [0.3, 0.4) is 0 Å². The lowest BCUT2D eigenvalue weighted by atomic mass is 10.1. The molecule has 0 bridgehead atoms. The van der Waals surface area contributed by atoms with E-state index in [2.05, 4.69) is 63.6 Å². The number of amides is 1. The van der Waals surface area contributed by atoms with Crippen molar-refractivity contribution in [3.63, 3.8) is 0 Å². The second kappa shape index (κ2) is 5.04. The number of benzene rings is 1. The Kier molecular flexibility index (Phi) is 3.89. The van der Waals surface area contributed by atoms with Crippen molar-refractivity contribution in [2.45, 2.75) is 13.3 Å². The van der Waals surface area contributed by atoms with Gasteiger partial charge in [0.25, 0.3) is 0 Å². The van der Waals surface area contributed by atoms with Crippen molar-refractivity contribution in [1.82, 2.24) is 0 Å². The highest BCUT2D eigenvalue weighted by molar-refractivity contribution is 14.1. The first-order valence-corrected chi connectivity index (χ1v) is 7.44. The molecule has 2 nitrogen and oxygen atoms in total. The lowest BCUT2D eigenvalue weighted by molar-refractivity contribution is -0.117. The van der Waals surface area contributed by atoms with Gasteiger partial charge >= 0.3 is 0 Å². The van der Waals surface area contributed by atoms with Gasteiger partial charge in [0.2, 0.25) is 5.91 Å². The second-order valence-corrected chi connectivity index (χ2v) is 6.05. The number of carbonyl (C=O) groups excluding carboxylic acids is 1. The molecule has 0 N–H and O–H groups in total. The standard InChI is InChI=1S/C12H13BrINO/c1-8-2-3-10(14)5-11(8)15-7-9(6-13)4-12(15)16/h2-3,5,9H,4,6-7H2,1H3. The molecule has 0 aromatic heterocycles. The van der Waals surface area contributed by atoms with Gasteiger partial charge in [-0.05, 0) is 53.1 Å². The summed E-state index contributed by atoms with van der Waals surface area (Å²) in [5.41, 5.74) is 2.24. The van der Waals surface area contributed by atoms with Crippen molar-refractivity contribution in [2.24, 2.45) is 5.92 Å². The molecule has 1 aliphatic heterocycles. The summed E-state index contributed by atoms with van der Waals surface area (Å²) in [4.78, 5) is 13.8. The number of halogens is 2. The third kappa shape index (κ3) is 2.42. The monoisotopic (exact) mass is 393 g/mol. The van der Waals surface area contributed by atoms with Gasteiger partial charge in [-0.15, -0.1) is 0 Å². The molecule has 1 amide bonds. The normalized spacial score (nSPS) is 20.6. The minimum absolute atomic E-state index is 0.245. The Morgan fingerprint density at radius 3 is 2.94 bits per heavy atom. The van der Waals surface area contributed by atoms with E-state index in [1.807, 2.05) is 4.90 Å². The zero-order valence-corrected chi connectivity index (χ0v) is 12.8. The minimum atomic E-state index is 0.245. The quantitative estimate of drug-likeness (QED) is 0.557. The van der Waals surface area contributed by atoms with E-state index in [4.69, 9.17) is 0 Å². The second-order valence-electron chi connectivity index (χ2n) is 4.16. The number of nitrogens with zero attached hydrogens (tertiary/aromatic N) is 1. The number of hydrogen-bond acceptors (Lipinski definition) is 1. The molecule has 0 radical (unpaired) electrons. The van der Waals surface area contributed by atoms with E-state index >= 15 is 0 Å². The van der Waals surface area contributed by atoms with Crippen molar-refractivity contribution in [1.29, 1.82) is 0 Å². The fourth-order valence-electron chi connectivity index (χ4n) is 1.99. The van der Waals surface area contributed by atoms with E-state index < -0.39 is 0 Å². The molecule has 16 heavy (non-hydrogen) atoms. The van der Waals surface area contributed by atoms with Crippen molar-refractivity contribution in [3.8, 4) is 0 Å². The van der Waals surface area contributed by atoms with Crippen molar-refractivity contribution < 1.29 is 4.79 Å². The zero-order chi connectivity index (χ0) is 11.7. The molecule has 1 aromatic carbocycles. The molecule has 0 spiro atoms. The SMILES string of the molecule is Cc1ccc(I)cc1N1CC(CBr)CC1=O. The van der Waals surface area contributed by atoms with Crippen LogP contribution in [0.4, 0.5) is 5.69 Å². The summed E-state index contributed by atoms with van der Waals surface area (Å²) in [6.07, 6.45) is 0.663. The highest BCUT2D eigenvalue weighted by atomic mass is 127. The predicted molar refractivity (Wildman–Crippen MR) is 78.2 cm³/mol. The van der Waals surface area contributed by atoms with Crippen LogP contribution in [0.15, 0.2) is 18.2 Å². The van der Waals surface area contributed by atoms with Crippen LogP contribution in [-0.2, 0) is 4.79 Å². The van der Waals surface area contributed by atoms with Gasteiger partial charge < -0.3 is 4.90 Å². The smallest absolute Gasteiger partial charge is 0.227 e. The van der Waals surface area contributed by atoms with E-state index in [9.17, 15) is 4.79 Å². The molecule has 2 rings (SSSR count). The molecule has 1 atom stereocenters. The van der Waals surface area contributed by atoms with Gasteiger partial charge in [0.15, 0.2) is 0 Å². The van der Waals surface area contributed by atoms with Crippen LogP contribution in [0.5, 0.6) is 0 Å². The Balaban J connectivity index is 2.30. The van der Waals surface area contributed by atoms with Crippen molar-refractivity contribution in [2.75, 3.05) is 16.8 Å². The van der Waals surface area contributed by atoms with Gasteiger partial charge in [-0.1, -0.05) is 22.0 Å². The van der Waals surface area contributed by atoms with Crippen LogP contribution in [0.1, 0.15) is 12.0 Å². The number of carbonyl (C=O) groups is 1. The minimum Gasteiger partial charge on any atom is -0.312 e. The molecule has 86 valence electrons. The summed E-state index contributed by atoms with van der Waals surface area (Å²) in [7, 11) is 0. The number of rotatable bonds is 2. The largest absolute Gasteiger partial charge is 0.312 e. The van der Waals surface area contributed by atoms with E-state index in [-0.39, 0.29) is 5.91 Å². The van der Waals surface area contributed by atoms with Crippen LogP contribution in [0.2, 0.25) is 0 Å². The average molecular weight is 394 g/mol. The molecule has 4 heteroatoms. The molecule has 0 saturated carbocycles. The number of anilines is 1. The maximum Gasteiger partial charge on any atom is 0.227 e. The van der Waals surface area contributed by atoms with Gasteiger partial charge in [0.05, 0.1) is 0 Å². The molecule has 0 aliphatic carbocycles. The third-order valence-electron chi connectivity index (χ3n) is 2.89. The first kappa shape index (κ1) is 12.4. The van der Waals surface area contributed by atoms with Gasteiger partial charge in [0.1, 0.15) is 0 Å². The molecule has 1 fully saturated rings. The molecule has 1 unspecified atom stereocenters. The summed E-state index contributed by atoms with van der Waals surface area (Å²) in [6, 6.07) is 6.23. The molecular formula is C12H13BrINO. The first-order chi connectivity index (χ1) is 7.61. The van der Waals surface area contributed by atoms with Crippen LogP contribution >= 0.6 is 38.5 Å². The zero-order valence-electron chi connectivity index (χ0n) is 9.04. The summed E-state index contributed by atoms with van der Waals surface area (Å²) < 4.78 is 1.17. The van der Waals surface area contributed by atoms with Crippen molar-refractivity contribution >= 4 is 50.1 Å². The van der Waals surface area contributed by atoms with E-state index in [0.29, 0.717) is 12.3 Å². The predicted octanol–water partition coefficient (Wildman–Crippen LogP) is 3.35. The van der Waals surface area contributed by atoms with Gasteiger partial charge in [-0.3, -0.25) is 4.79 Å². The van der Waals surface area contributed by atoms with Crippen molar-refractivity contribution in [3.05, 3.63) is 27.3 Å². The van der Waals surface area contributed by atoms with Gasteiger partial charge in [-0.25, -0.2) is 0 Å². The highest BCUT2D eigenvalue weighted by Gasteiger charge is 2.30. The molecule has 1 heterocycles. The number of alkyl halides is 1. The fraction of sp³-hybridized carbons (Fsp3) is 0.417. The Morgan fingerprint density at radius 2 is 2.31 bits per heavy atom. The molecule has 1 aliphatic rings. The van der Waals surface area contributed by atoms with Crippen LogP contribution in [0, 0.1) is 16.4 Å². The Bertz CT molecular complexity index is 421. The van der Waals surface area contributed by atoms with Crippen LogP contribution < -0.4 is 4.90 Å². The van der Waals surface area contributed by atoms with E-state index in [1.165, 1.54) is 9.13 Å². The van der Waals surface area contributed by atoms with Gasteiger partial charge in [0, 0.05) is 27.6 Å². The van der Waals surface area contributed by atoms with E-state index in [0.717, 1.165) is 17.6 Å². The molecular weight excluding hydrogens is 381 g/mol. The maximum atomic E-state index is 11.9. The Morgan fingerprint density at radius 1 is 1.56 bits per heavy atom. The average Bonchev–Trinajstić information content (AvgIpc) is 2.63. The van der Waals surface area contributed by atoms with Crippen LogP contribution in [-0.4, -0.2) is 17.8 Å². The van der Waals surface area contributed by atoms with Gasteiger partial charge in [-0.2, -0.15) is 0 Å². The molecule has 1 saturated heterocycles. The Labute approximate surface area is 118 Å². The first-order valence-electron chi connectivity index (χ1n) is 5.24. The number of aryl methyl sites for hydroxylation is 1. The summed E-state index contributed by atoms with van der Waals surface area (Å²) >= 11 is 5.74. The topological polar surface area (TPSA) is 20.3 Å². The highest BCUT2D eigenvalue weighted by Crippen LogP contribution is 2.29. The maximum absolute atomic E-state index is 11.9. The lowest BCUT2D eigenvalue weighted by Gasteiger charge is -2.19. The van der Waals surface area contributed by atoms with E-state index in [1.54, 1.807) is 0 Å². The number of hydrogen-bond donors (Lipinski definition) is 0. The summed E-state index contributed by atoms with van der Waals surface area (Å²) in [5, 5.41) is 0.901.